The maximum Gasteiger partial charge on any atom is 0.225 e. The van der Waals surface area contributed by atoms with Crippen LogP contribution in [0.1, 0.15) is 5.69 Å². The second-order valence-corrected chi connectivity index (χ2v) is 4.80. The first-order chi connectivity index (χ1) is 8.70. The Kier molecular flexibility index (Phi) is 2.48. The van der Waals surface area contributed by atoms with Gasteiger partial charge in [0.05, 0.1) is 29.5 Å². The Hall–Kier alpha value is -2.02. The van der Waals surface area contributed by atoms with Crippen molar-refractivity contribution in [3.05, 3.63) is 17.5 Å². The molecule has 1 amide bonds. The van der Waals surface area contributed by atoms with Crippen LogP contribution in [0.25, 0.3) is 21.4 Å². The second kappa shape index (κ2) is 4.02. The lowest BCUT2D eigenvalue weighted by atomic mass is 10.2. The van der Waals surface area contributed by atoms with Crippen LogP contribution in [0.5, 0.6) is 0 Å². The van der Waals surface area contributed by atoms with E-state index in [2.05, 4.69) is 20.3 Å². The number of hydrogen-bond acceptors (Lipinski definition) is 5. The average molecular weight is 261 g/mol. The molecule has 0 spiro atoms. The Labute approximate surface area is 107 Å². The molecule has 0 saturated carbocycles. The molecule has 92 valence electrons. The van der Waals surface area contributed by atoms with E-state index in [1.165, 1.54) is 11.3 Å². The summed E-state index contributed by atoms with van der Waals surface area (Å²) in [5, 5.41) is 2.60. The van der Waals surface area contributed by atoms with Crippen LogP contribution < -0.4 is 5.32 Å². The molecule has 7 heteroatoms. The first-order valence-corrected chi connectivity index (χ1v) is 6.32. The Bertz CT molecular complexity index is 744. The summed E-state index contributed by atoms with van der Waals surface area (Å²) in [4.78, 5) is 25.5. The predicted octanol–water partition coefficient (Wildman–Crippen LogP) is 0.866. The van der Waals surface area contributed by atoms with E-state index in [4.69, 9.17) is 0 Å². The number of thiazole rings is 1. The minimum atomic E-state index is -0.0710. The summed E-state index contributed by atoms with van der Waals surface area (Å²) in [7, 11) is 3.53. The molecule has 6 nitrogen and oxygen atoms in total. The number of carbonyl (C=O) groups is 1. The van der Waals surface area contributed by atoms with E-state index >= 15 is 0 Å². The minimum absolute atomic E-state index is 0.0710. The summed E-state index contributed by atoms with van der Waals surface area (Å²) < 4.78 is 1.91. The molecule has 3 heterocycles. The van der Waals surface area contributed by atoms with Crippen molar-refractivity contribution in [3.8, 4) is 0 Å². The molecule has 0 aliphatic carbocycles. The summed E-state index contributed by atoms with van der Waals surface area (Å²) >= 11 is 1.47. The number of aromatic nitrogens is 4. The van der Waals surface area contributed by atoms with Crippen LogP contribution in [0.2, 0.25) is 0 Å². The fourth-order valence-electron chi connectivity index (χ4n) is 1.94. The third-order valence-electron chi connectivity index (χ3n) is 2.83. The highest BCUT2D eigenvalue weighted by Crippen LogP contribution is 2.26. The molecule has 0 aromatic carbocycles. The van der Waals surface area contributed by atoms with E-state index in [-0.39, 0.29) is 12.3 Å². The van der Waals surface area contributed by atoms with Crippen molar-refractivity contribution in [2.24, 2.45) is 7.05 Å². The fraction of sp³-hybridized carbons (Fsp3) is 0.273. The first kappa shape index (κ1) is 11.1. The molecule has 0 unspecified atom stereocenters. The highest BCUT2D eigenvalue weighted by Gasteiger charge is 2.16. The van der Waals surface area contributed by atoms with Crippen LogP contribution >= 0.6 is 11.3 Å². The number of carbonyl (C=O) groups excluding carboxylic acids is 1. The molecule has 0 saturated heterocycles. The quantitative estimate of drug-likeness (QED) is 0.743. The molecule has 0 aliphatic heterocycles. The maximum absolute atomic E-state index is 11.5. The normalized spacial score (nSPS) is 11.2. The van der Waals surface area contributed by atoms with Gasteiger partial charge < -0.3 is 9.88 Å². The molecule has 0 atom stereocenters. The van der Waals surface area contributed by atoms with Crippen LogP contribution in [-0.2, 0) is 18.3 Å². The van der Waals surface area contributed by atoms with Gasteiger partial charge >= 0.3 is 0 Å². The third kappa shape index (κ3) is 1.55. The van der Waals surface area contributed by atoms with Gasteiger partial charge in [-0.15, -0.1) is 11.3 Å². The summed E-state index contributed by atoms with van der Waals surface area (Å²) in [5.41, 5.74) is 4.98. The van der Waals surface area contributed by atoms with Gasteiger partial charge in [-0.3, -0.25) is 4.79 Å². The number of amides is 1. The van der Waals surface area contributed by atoms with E-state index in [0.717, 1.165) is 21.4 Å². The molecule has 0 bridgehead atoms. The molecular weight excluding hydrogens is 250 g/mol. The van der Waals surface area contributed by atoms with Crippen LogP contribution in [0.15, 0.2) is 11.8 Å². The van der Waals surface area contributed by atoms with Gasteiger partial charge in [-0.25, -0.2) is 15.0 Å². The summed E-state index contributed by atoms with van der Waals surface area (Å²) in [6.07, 6.45) is 1.95. The third-order valence-corrected chi connectivity index (χ3v) is 3.55. The topological polar surface area (TPSA) is 72.7 Å². The number of imidazole rings is 1. The van der Waals surface area contributed by atoms with Crippen LogP contribution in [0.3, 0.4) is 0 Å². The van der Waals surface area contributed by atoms with Crippen molar-refractivity contribution in [1.29, 1.82) is 0 Å². The Morgan fingerprint density at radius 3 is 3.06 bits per heavy atom. The lowest BCUT2D eigenvalue weighted by Gasteiger charge is -2.02. The molecular formula is C11H11N5OS. The van der Waals surface area contributed by atoms with Crippen molar-refractivity contribution in [2.75, 3.05) is 7.05 Å². The van der Waals surface area contributed by atoms with Gasteiger partial charge in [0.2, 0.25) is 5.91 Å². The summed E-state index contributed by atoms with van der Waals surface area (Å²) in [5.74, 6) is -0.0710. The largest absolute Gasteiger partial charge is 0.359 e. The lowest BCUT2D eigenvalue weighted by molar-refractivity contribution is -0.119. The zero-order valence-corrected chi connectivity index (χ0v) is 10.8. The van der Waals surface area contributed by atoms with Gasteiger partial charge in [0.15, 0.2) is 0 Å². The van der Waals surface area contributed by atoms with Gasteiger partial charge in [-0.1, -0.05) is 0 Å². The zero-order valence-electron chi connectivity index (χ0n) is 9.97. The number of pyridine rings is 1. The van der Waals surface area contributed by atoms with Crippen molar-refractivity contribution in [2.45, 2.75) is 6.42 Å². The van der Waals surface area contributed by atoms with Gasteiger partial charge in [0, 0.05) is 14.1 Å². The Morgan fingerprint density at radius 2 is 2.28 bits per heavy atom. The van der Waals surface area contributed by atoms with E-state index in [0.29, 0.717) is 5.69 Å². The van der Waals surface area contributed by atoms with Crippen molar-refractivity contribution < 1.29 is 4.79 Å². The molecule has 1 N–H and O–H groups in total. The first-order valence-electron chi connectivity index (χ1n) is 5.44. The molecule has 3 aromatic heterocycles. The Morgan fingerprint density at radius 1 is 1.44 bits per heavy atom. The number of rotatable bonds is 2. The highest BCUT2D eigenvalue weighted by atomic mass is 32.1. The van der Waals surface area contributed by atoms with Crippen molar-refractivity contribution in [1.82, 2.24) is 24.8 Å². The molecule has 0 fully saturated rings. The van der Waals surface area contributed by atoms with E-state index in [1.54, 1.807) is 18.9 Å². The monoisotopic (exact) mass is 261 g/mol. The number of nitrogens with one attached hydrogen (secondary N) is 1. The summed E-state index contributed by atoms with van der Waals surface area (Å²) in [6.45, 7) is 0. The smallest absolute Gasteiger partial charge is 0.225 e. The molecule has 0 radical (unpaired) electrons. The maximum atomic E-state index is 11.5. The van der Waals surface area contributed by atoms with E-state index in [1.807, 2.05) is 11.6 Å². The van der Waals surface area contributed by atoms with Crippen LogP contribution in [0.4, 0.5) is 0 Å². The number of nitrogens with zero attached hydrogens (tertiary/aromatic N) is 4. The van der Waals surface area contributed by atoms with Gasteiger partial charge in [-0.2, -0.15) is 0 Å². The van der Waals surface area contributed by atoms with Gasteiger partial charge in [0.1, 0.15) is 15.9 Å². The average Bonchev–Trinajstić information content (AvgIpc) is 2.95. The molecule has 0 aliphatic rings. The van der Waals surface area contributed by atoms with Gasteiger partial charge in [-0.05, 0) is 0 Å². The summed E-state index contributed by atoms with van der Waals surface area (Å²) in [6, 6.07) is 0. The number of fused-ring (bicyclic) bond motifs is 3. The second-order valence-electron chi connectivity index (χ2n) is 3.97. The molecule has 18 heavy (non-hydrogen) atoms. The number of likely N-dealkylation sites (N-methyl/N-ethyl adjacent to an activating group) is 1. The zero-order chi connectivity index (χ0) is 12.7. The minimum Gasteiger partial charge on any atom is -0.359 e. The van der Waals surface area contributed by atoms with Crippen molar-refractivity contribution in [3.63, 3.8) is 0 Å². The fourth-order valence-corrected chi connectivity index (χ4v) is 2.62. The lowest BCUT2D eigenvalue weighted by Crippen LogP contribution is -2.20. The highest BCUT2D eigenvalue weighted by molar-refractivity contribution is 7.16. The molecule has 3 aromatic rings. The van der Waals surface area contributed by atoms with Gasteiger partial charge in [0.25, 0.3) is 0 Å². The SMILES string of the molecule is CNC(=O)Cc1nc2scnc2c2c1ncn2C. The standard InChI is InChI=1S/C11H11N5OS/c1-12-7(17)3-6-8-10(16(2)4-13-8)9-11(15-6)18-5-14-9/h4-5H,3H2,1-2H3,(H,12,17). The molecule has 3 rings (SSSR count). The van der Waals surface area contributed by atoms with Crippen LogP contribution in [-0.4, -0.2) is 32.5 Å². The van der Waals surface area contributed by atoms with E-state index in [9.17, 15) is 4.79 Å². The Balaban J connectivity index is 2.31. The number of aryl methyl sites for hydroxylation is 1. The number of hydrogen-bond donors (Lipinski definition) is 1. The van der Waals surface area contributed by atoms with Crippen molar-refractivity contribution >= 4 is 38.6 Å². The van der Waals surface area contributed by atoms with Crippen LogP contribution in [0, 0.1) is 0 Å². The van der Waals surface area contributed by atoms with E-state index < -0.39 is 0 Å². The predicted molar refractivity (Wildman–Crippen MR) is 69.5 cm³/mol.